The Balaban J connectivity index is 3.01. The quantitative estimate of drug-likeness (QED) is 0.769. The molecule has 1 rings (SSSR count). The number of hydrogen-bond donors (Lipinski definition) is 2. The highest BCUT2D eigenvalue weighted by Crippen LogP contribution is 2.32. The summed E-state index contributed by atoms with van der Waals surface area (Å²) in [6.45, 7) is 7.21. The Morgan fingerprint density at radius 1 is 1.20 bits per heavy atom. The average molecular weight is 281 g/mol. The summed E-state index contributed by atoms with van der Waals surface area (Å²) in [6, 6.07) is 5.51. The third-order valence-corrected chi connectivity index (χ3v) is 3.45. The lowest BCUT2D eigenvalue weighted by Gasteiger charge is -2.29. The van der Waals surface area contributed by atoms with Crippen molar-refractivity contribution in [2.24, 2.45) is 5.92 Å². The van der Waals surface area contributed by atoms with E-state index >= 15 is 0 Å². The fourth-order valence-electron chi connectivity index (χ4n) is 2.28. The maximum absolute atomic E-state index is 10.7. The smallest absolute Gasteiger partial charge is 0.128 e. The number of aliphatic hydroxyl groups excluding tert-OH is 1. The van der Waals surface area contributed by atoms with Crippen molar-refractivity contribution in [1.29, 1.82) is 0 Å². The minimum atomic E-state index is -0.609. The Hall–Kier alpha value is -1.26. The molecule has 114 valence electrons. The minimum absolute atomic E-state index is 0.00255. The third-order valence-electron chi connectivity index (χ3n) is 3.45. The van der Waals surface area contributed by atoms with Crippen molar-refractivity contribution in [2.75, 3.05) is 20.8 Å². The molecule has 0 radical (unpaired) electrons. The van der Waals surface area contributed by atoms with Crippen molar-refractivity contribution in [3.8, 4) is 11.5 Å². The summed E-state index contributed by atoms with van der Waals surface area (Å²) in [5.41, 5.74) is 0.788. The van der Waals surface area contributed by atoms with Gasteiger partial charge in [0.1, 0.15) is 11.5 Å². The number of benzene rings is 1. The van der Waals surface area contributed by atoms with Gasteiger partial charge in [-0.3, -0.25) is 0 Å². The fraction of sp³-hybridized carbons (Fsp3) is 0.625. The van der Waals surface area contributed by atoms with Crippen LogP contribution in [0.25, 0.3) is 0 Å². The molecule has 2 atom stereocenters. The molecule has 1 aromatic rings. The standard InChI is InChI=1S/C16H27NO3/c1-6-9-17-15(11(2)3)16(18)13-8-7-12(19-4)10-14(13)20-5/h7-8,10-11,15-18H,6,9H2,1-5H3. The van der Waals surface area contributed by atoms with Crippen LogP contribution in [0.1, 0.15) is 38.9 Å². The van der Waals surface area contributed by atoms with Gasteiger partial charge in [-0.2, -0.15) is 0 Å². The summed E-state index contributed by atoms with van der Waals surface area (Å²) in [6.07, 6.45) is 0.429. The summed E-state index contributed by atoms with van der Waals surface area (Å²) in [5.74, 6) is 1.70. The number of methoxy groups -OCH3 is 2. The molecule has 2 unspecified atom stereocenters. The second-order valence-corrected chi connectivity index (χ2v) is 5.28. The summed E-state index contributed by atoms with van der Waals surface area (Å²) in [5, 5.41) is 14.1. The van der Waals surface area contributed by atoms with Crippen molar-refractivity contribution >= 4 is 0 Å². The van der Waals surface area contributed by atoms with Crippen molar-refractivity contribution in [1.82, 2.24) is 5.32 Å². The minimum Gasteiger partial charge on any atom is -0.497 e. The zero-order valence-electron chi connectivity index (χ0n) is 13.1. The Morgan fingerprint density at radius 3 is 2.40 bits per heavy atom. The Labute approximate surface area is 122 Å². The molecule has 0 aromatic heterocycles. The number of hydrogen-bond acceptors (Lipinski definition) is 4. The molecule has 0 saturated heterocycles. The lowest BCUT2D eigenvalue weighted by atomic mass is 9.92. The highest BCUT2D eigenvalue weighted by atomic mass is 16.5. The van der Waals surface area contributed by atoms with Crippen LogP contribution in [0.2, 0.25) is 0 Å². The van der Waals surface area contributed by atoms with Gasteiger partial charge in [-0.15, -0.1) is 0 Å². The van der Waals surface area contributed by atoms with Gasteiger partial charge in [0.15, 0.2) is 0 Å². The van der Waals surface area contributed by atoms with Gasteiger partial charge in [-0.1, -0.05) is 20.8 Å². The lowest BCUT2D eigenvalue weighted by molar-refractivity contribution is 0.103. The number of rotatable bonds is 8. The van der Waals surface area contributed by atoms with E-state index in [1.807, 2.05) is 12.1 Å². The second kappa shape index (κ2) is 8.12. The highest BCUT2D eigenvalue weighted by molar-refractivity contribution is 5.42. The zero-order valence-corrected chi connectivity index (χ0v) is 13.1. The topological polar surface area (TPSA) is 50.7 Å². The number of ether oxygens (including phenoxy) is 2. The van der Waals surface area contributed by atoms with Crippen molar-refractivity contribution in [3.05, 3.63) is 23.8 Å². The summed E-state index contributed by atoms with van der Waals surface area (Å²) in [4.78, 5) is 0. The largest absolute Gasteiger partial charge is 0.497 e. The molecule has 2 N–H and O–H groups in total. The molecule has 1 aromatic carbocycles. The fourth-order valence-corrected chi connectivity index (χ4v) is 2.28. The number of aliphatic hydroxyl groups is 1. The SMILES string of the molecule is CCCNC(C(C)C)C(O)c1ccc(OC)cc1OC. The molecule has 0 bridgehead atoms. The van der Waals surface area contributed by atoms with Crippen LogP contribution in [0.15, 0.2) is 18.2 Å². The van der Waals surface area contributed by atoms with Gasteiger partial charge < -0.3 is 19.9 Å². The van der Waals surface area contributed by atoms with E-state index in [1.165, 1.54) is 0 Å². The lowest BCUT2D eigenvalue weighted by Crippen LogP contribution is -2.39. The van der Waals surface area contributed by atoms with Gasteiger partial charge in [-0.05, 0) is 31.0 Å². The van der Waals surface area contributed by atoms with Crippen LogP contribution in [0.4, 0.5) is 0 Å². The van der Waals surface area contributed by atoms with Crippen LogP contribution in [-0.2, 0) is 0 Å². The molecule has 20 heavy (non-hydrogen) atoms. The summed E-state index contributed by atoms with van der Waals surface area (Å²) < 4.78 is 10.6. The molecular weight excluding hydrogens is 254 g/mol. The molecule has 4 nitrogen and oxygen atoms in total. The molecular formula is C16H27NO3. The van der Waals surface area contributed by atoms with Crippen LogP contribution in [0.5, 0.6) is 11.5 Å². The van der Waals surface area contributed by atoms with Gasteiger partial charge >= 0.3 is 0 Å². The van der Waals surface area contributed by atoms with Crippen molar-refractivity contribution < 1.29 is 14.6 Å². The second-order valence-electron chi connectivity index (χ2n) is 5.28. The van der Waals surface area contributed by atoms with Crippen LogP contribution in [0.3, 0.4) is 0 Å². The van der Waals surface area contributed by atoms with Crippen molar-refractivity contribution in [2.45, 2.75) is 39.3 Å². The third kappa shape index (κ3) is 4.12. The van der Waals surface area contributed by atoms with Gasteiger partial charge in [0, 0.05) is 17.7 Å². The van der Waals surface area contributed by atoms with Gasteiger partial charge in [0.2, 0.25) is 0 Å². The molecule has 0 aliphatic rings. The first-order chi connectivity index (χ1) is 9.54. The molecule has 0 heterocycles. The Kier molecular flexibility index (Phi) is 6.82. The van der Waals surface area contributed by atoms with E-state index in [4.69, 9.17) is 9.47 Å². The van der Waals surface area contributed by atoms with Crippen LogP contribution < -0.4 is 14.8 Å². The van der Waals surface area contributed by atoms with Gasteiger partial charge in [0.05, 0.1) is 20.3 Å². The maximum Gasteiger partial charge on any atom is 0.128 e. The first-order valence-corrected chi connectivity index (χ1v) is 7.18. The molecule has 0 spiro atoms. The molecule has 0 aliphatic heterocycles. The normalized spacial score (nSPS) is 14.2. The van der Waals surface area contributed by atoms with E-state index in [9.17, 15) is 5.11 Å². The molecule has 4 heteroatoms. The summed E-state index contributed by atoms with van der Waals surface area (Å²) in [7, 11) is 3.22. The van der Waals surface area contributed by atoms with Gasteiger partial charge in [-0.25, -0.2) is 0 Å². The Morgan fingerprint density at radius 2 is 1.90 bits per heavy atom. The van der Waals surface area contributed by atoms with Crippen LogP contribution in [0, 0.1) is 5.92 Å². The van der Waals surface area contributed by atoms with Crippen LogP contribution >= 0.6 is 0 Å². The first-order valence-electron chi connectivity index (χ1n) is 7.18. The monoisotopic (exact) mass is 281 g/mol. The van der Waals surface area contributed by atoms with E-state index in [0.29, 0.717) is 11.7 Å². The zero-order chi connectivity index (χ0) is 15.1. The highest BCUT2D eigenvalue weighted by Gasteiger charge is 2.26. The predicted molar refractivity (Wildman–Crippen MR) is 81.4 cm³/mol. The Bertz CT molecular complexity index is 407. The van der Waals surface area contributed by atoms with Crippen LogP contribution in [-0.4, -0.2) is 31.9 Å². The van der Waals surface area contributed by atoms with Crippen molar-refractivity contribution in [3.63, 3.8) is 0 Å². The number of nitrogens with one attached hydrogen (secondary N) is 1. The molecule has 0 amide bonds. The predicted octanol–water partition coefficient (Wildman–Crippen LogP) is 2.76. The molecule has 0 saturated carbocycles. The van der Waals surface area contributed by atoms with E-state index in [0.717, 1.165) is 24.3 Å². The van der Waals surface area contributed by atoms with E-state index in [1.54, 1.807) is 20.3 Å². The average Bonchev–Trinajstić information content (AvgIpc) is 2.46. The first kappa shape index (κ1) is 16.8. The van der Waals surface area contributed by atoms with E-state index < -0.39 is 6.10 Å². The van der Waals surface area contributed by atoms with E-state index in [-0.39, 0.29) is 6.04 Å². The van der Waals surface area contributed by atoms with Gasteiger partial charge in [0.25, 0.3) is 0 Å². The maximum atomic E-state index is 10.7. The van der Waals surface area contributed by atoms with E-state index in [2.05, 4.69) is 26.1 Å². The summed E-state index contributed by atoms with van der Waals surface area (Å²) >= 11 is 0. The molecule has 0 fully saturated rings. The molecule has 0 aliphatic carbocycles.